The maximum atomic E-state index is 10.8. The van der Waals surface area contributed by atoms with Crippen molar-refractivity contribution >= 4 is 24.3 Å². The Balaban J connectivity index is -0.000000298. The number of benzene rings is 1. The summed E-state index contributed by atoms with van der Waals surface area (Å²) < 4.78 is 0. The summed E-state index contributed by atoms with van der Waals surface area (Å²) >= 11 is 0. The fourth-order valence-corrected chi connectivity index (χ4v) is 1.34. The summed E-state index contributed by atoms with van der Waals surface area (Å²) in [5.74, 6) is -0.278. The van der Waals surface area contributed by atoms with E-state index in [1.807, 2.05) is 19.1 Å². The van der Waals surface area contributed by atoms with Crippen LogP contribution >= 0.6 is 0 Å². The summed E-state index contributed by atoms with van der Waals surface area (Å²) in [6.45, 7) is 4.93. The van der Waals surface area contributed by atoms with Crippen molar-refractivity contribution in [1.29, 1.82) is 0 Å². The molecule has 0 bridgehead atoms. The molecule has 1 amide bonds. The number of aliphatic hydroxyl groups excluding tert-OH is 1. The smallest absolute Gasteiger partial charge is 0.423 e. The number of hydrogen-bond donors (Lipinski definition) is 6. The Morgan fingerprint density at radius 1 is 1.20 bits per heavy atom. The van der Waals surface area contributed by atoms with E-state index < -0.39 is 7.12 Å². The van der Waals surface area contributed by atoms with Gasteiger partial charge in [0.1, 0.15) is 0 Å². The van der Waals surface area contributed by atoms with Crippen LogP contribution in [0.4, 0.5) is 0 Å². The van der Waals surface area contributed by atoms with Crippen molar-refractivity contribution in [2.75, 3.05) is 20.7 Å². The highest BCUT2D eigenvalue weighted by molar-refractivity contribution is 6.58. The number of nitrogens with two attached hydrogens (primary N) is 2. The Morgan fingerprint density at radius 3 is 1.80 bits per heavy atom. The molecule has 8 N–H and O–H groups in total. The van der Waals surface area contributed by atoms with Crippen molar-refractivity contribution < 1.29 is 24.7 Å². The lowest BCUT2D eigenvalue weighted by atomic mass is 9.80. The molecule has 1 aromatic rings. The van der Waals surface area contributed by atoms with Gasteiger partial charge >= 0.3 is 7.12 Å². The molecule has 144 valence electrons. The second-order valence-electron chi connectivity index (χ2n) is 4.74. The van der Waals surface area contributed by atoms with Crippen LogP contribution < -0.4 is 22.2 Å². The molecular weight excluding hydrogens is 325 g/mol. The summed E-state index contributed by atoms with van der Waals surface area (Å²) in [4.78, 5) is 20.0. The van der Waals surface area contributed by atoms with E-state index in [2.05, 4.69) is 16.8 Å². The Kier molecular flexibility index (Phi) is 20.8. The van der Waals surface area contributed by atoms with Crippen LogP contribution in [0.25, 0.3) is 0 Å². The zero-order valence-corrected chi connectivity index (χ0v) is 15.7. The van der Waals surface area contributed by atoms with Crippen molar-refractivity contribution in [3.63, 3.8) is 0 Å². The number of ketones is 1. The molecule has 0 saturated carbocycles. The third-order valence-electron chi connectivity index (χ3n) is 2.64. The summed E-state index contributed by atoms with van der Waals surface area (Å²) in [6, 6.07) is 6.71. The highest BCUT2D eigenvalue weighted by atomic mass is 16.4. The third kappa shape index (κ3) is 18.4. The Bertz CT molecular complexity index is 448. The third-order valence-corrected chi connectivity index (χ3v) is 2.64. The molecule has 0 spiro atoms. The van der Waals surface area contributed by atoms with Crippen LogP contribution in [0.15, 0.2) is 24.3 Å². The van der Waals surface area contributed by atoms with Gasteiger partial charge in [-0.3, -0.25) is 9.59 Å². The van der Waals surface area contributed by atoms with Gasteiger partial charge in [-0.05, 0) is 26.5 Å². The fourth-order valence-electron chi connectivity index (χ4n) is 1.34. The van der Waals surface area contributed by atoms with E-state index in [9.17, 15) is 9.59 Å². The molecule has 0 radical (unpaired) electrons. The first kappa shape index (κ1) is 28.0. The quantitative estimate of drug-likeness (QED) is 0.342. The van der Waals surface area contributed by atoms with Gasteiger partial charge in [-0.2, -0.15) is 0 Å². The van der Waals surface area contributed by atoms with Gasteiger partial charge in [0, 0.05) is 13.3 Å². The number of hydrogen-bond acceptors (Lipinski definition) is 7. The van der Waals surface area contributed by atoms with E-state index in [4.69, 9.17) is 15.2 Å². The lowest BCUT2D eigenvalue weighted by Gasteiger charge is -2.08. The van der Waals surface area contributed by atoms with Gasteiger partial charge in [0.05, 0.1) is 12.6 Å². The monoisotopic (exact) mass is 357 g/mol. The average molecular weight is 357 g/mol. The predicted molar refractivity (Wildman–Crippen MR) is 101 cm³/mol. The minimum absolute atomic E-state index is 0.0556. The molecule has 0 unspecified atom stereocenters. The molecule has 0 heterocycles. The molecule has 0 aliphatic heterocycles. The van der Waals surface area contributed by atoms with Crippen LogP contribution in [0.1, 0.15) is 25.8 Å². The van der Waals surface area contributed by atoms with Crippen LogP contribution in [-0.4, -0.2) is 60.7 Å². The standard InChI is InChI=1S/C7H9BO2.C6H13NO2.C2H5NO.CH5N/c1-6-2-4-7(5-3-6)8(9)10;1-3-6(9)5(4-8)7-2;1-2(3)4;1-2/h2-5,9-10H,1H3;5,7-8H,3-4H2,1-2H3;1H3,(H2,3,4);2H2,1H3/t;5-;;/m.0../s1. The molecule has 0 fully saturated rings. The van der Waals surface area contributed by atoms with Crippen LogP contribution in [0.5, 0.6) is 0 Å². The van der Waals surface area contributed by atoms with Gasteiger partial charge in [0.15, 0.2) is 5.78 Å². The highest BCUT2D eigenvalue weighted by Crippen LogP contribution is 1.92. The molecule has 0 aromatic heterocycles. The average Bonchev–Trinajstić information content (AvgIpc) is 2.58. The van der Waals surface area contributed by atoms with Crippen molar-refractivity contribution in [2.45, 2.75) is 33.2 Å². The SMILES string of the molecule is CC(N)=O.CCC(=O)[C@H](CO)NC.CN.Cc1ccc(B(O)O)cc1. The first-order valence-corrected chi connectivity index (χ1v) is 7.76. The van der Waals surface area contributed by atoms with Gasteiger partial charge in [-0.1, -0.05) is 36.8 Å². The van der Waals surface area contributed by atoms with E-state index in [0.29, 0.717) is 11.9 Å². The maximum Gasteiger partial charge on any atom is 0.488 e. The second-order valence-corrected chi connectivity index (χ2v) is 4.74. The Morgan fingerprint density at radius 2 is 1.60 bits per heavy atom. The molecule has 9 heteroatoms. The van der Waals surface area contributed by atoms with E-state index in [1.54, 1.807) is 26.1 Å². The van der Waals surface area contributed by atoms with Crippen LogP contribution in [0, 0.1) is 6.92 Å². The zero-order valence-electron chi connectivity index (χ0n) is 15.7. The topological polar surface area (TPSA) is 159 Å². The summed E-state index contributed by atoms with van der Waals surface area (Å²) in [6.07, 6.45) is 0.478. The number of Topliss-reactive ketones (excluding diaryl/α,β-unsaturated/α-hetero) is 1. The fraction of sp³-hybridized carbons (Fsp3) is 0.500. The van der Waals surface area contributed by atoms with Gasteiger partial charge in [0.25, 0.3) is 0 Å². The van der Waals surface area contributed by atoms with Crippen LogP contribution in [0.3, 0.4) is 0 Å². The van der Waals surface area contributed by atoms with Crippen molar-refractivity contribution in [1.82, 2.24) is 5.32 Å². The first-order chi connectivity index (χ1) is 11.7. The van der Waals surface area contributed by atoms with E-state index in [-0.39, 0.29) is 24.3 Å². The lowest BCUT2D eigenvalue weighted by molar-refractivity contribution is -0.121. The minimum atomic E-state index is -1.35. The van der Waals surface area contributed by atoms with Crippen molar-refractivity contribution in [2.24, 2.45) is 11.5 Å². The maximum absolute atomic E-state index is 10.8. The van der Waals surface area contributed by atoms with Crippen molar-refractivity contribution in [3.8, 4) is 0 Å². The minimum Gasteiger partial charge on any atom is -0.423 e. The van der Waals surface area contributed by atoms with Crippen LogP contribution in [-0.2, 0) is 9.59 Å². The number of aryl methyl sites for hydroxylation is 1. The van der Waals surface area contributed by atoms with E-state index in [0.717, 1.165) is 5.56 Å². The lowest BCUT2D eigenvalue weighted by Crippen LogP contribution is -2.36. The molecular formula is C16H32BN3O5. The highest BCUT2D eigenvalue weighted by Gasteiger charge is 2.11. The number of aliphatic hydroxyl groups is 1. The van der Waals surface area contributed by atoms with Crippen molar-refractivity contribution in [3.05, 3.63) is 29.8 Å². The largest absolute Gasteiger partial charge is 0.488 e. The number of amides is 1. The summed E-state index contributed by atoms with van der Waals surface area (Å²) in [5.41, 5.74) is 10.6. The summed E-state index contributed by atoms with van der Waals surface area (Å²) in [7, 11) is 1.81. The number of carbonyl (C=O) groups excluding carboxylic acids is 2. The number of likely N-dealkylation sites (N-methyl/N-ethyl adjacent to an activating group) is 1. The van der Waals surface area contributed by atoms with E-state index >= 15 is 0 Å². The molecule has 1 rings (SSSR count). The number of nitrogens with one attached hydrogen (secondary N) is 1. The number of primary amides is 1. The van der Waals surface area contributed by atoms with E-state index in [1.165, 1.54) is 14.0 Å². The van der Waals surface area contributed by atoms with Gasteiger partial charge in [-0.15, -0.1) is 0 Å². The van der Waals surface area contributed by atoms with Gasteiger partial charge in [0.2, 0.25) is 5.91 Å². The van der Waals surface area contributed by atoms with Gasteiger partial charge < -0.3 is 31.9 Å². The predicted octanol–water partition coefficient (Wildman–Crippen LogP) is -1.71. The number of rotatable bonds is 5. The molecule has 0 aliphatic rings. The van der Waals surface area contributed by atoms with Crippen LogP contribution in [0.2, 0.25) is 0 Å². The Hall–Kier alpha value is -1.78. The normalized spacial score (nSPS) is 9.80. The first-order valence-electron chi connectivity index (χ1n) is 7.76. The molecule has 25 heavy (non-hydrogen) atoms. The molecule has 8 nitrogen and oxygen atoms in total. The summed E-state index contributed by atoms with van der Waals surface area (Å²) in [5, 5.41) is 28.6. The molecule has 0 aliphatic carbocycles. The zero-order chi connectivity index (χ0) is 20.4. The molecule has 0 saturated heterocycles. The molecule has 1 atom stereocenters. The second kappa shape index (κ2) is 18.6. The van der Waals surface area contributed by atoms with Gasteiger partial charge in [-0.25, -0.2) is 0 Å². The Labute approximate surface area is 150 Å². The molecule has 1 aromatic carbocycles. The number of carbonyl (C=O) groups is 2.